The number of nitrogens with zero attached hydrogens (tertiary/aromatic N) is 4. The van der Waals surface area contributed by atoms with Gasteiger partial charge in [-0.2, -0.15) is 5.10 Å². The Bertz CT molecular complexity index is 1130. The van der Waals surface area contributed by atoms with Crippen molar-refractivity contribution in [1.82, 2.24) is 24.6 Å². The lowest BCUT2D eigenvalue weighted by atomic mass is 9.95. The van der Waals surface area contributed by atoms with Gasteiger partial charge in [-0.3, -0.25) is 18.8 Å². The molecule has 1 amide bonds. The van der Waals surface area contributed by atoms with Gasteiger partial charge in [0.15, 0.2) is 5.82 Å². The number of carbonyl (C=O) groups excluding carboxylic acids is 1. The molecule has 30 heavy (non-hydrogen) atoms. The lowest BCUT2D eigenvalue weighted by molar-refractivity contribution is -0.121. The molecule has 0 spiro atoms. The first-order chi connectivity index (χ1) is 14.4. The predicted octanol–water partition coefficient (Wildman–Crippen LogP) is 1.84. The summed E-state index contributed by atoms with van der Waals surface area (Å²) in [6.45, 7) is 2.62. The second-order valence-electron chi connectivity index (χ2n) is 7.96. The average Bonchev–Trinajstić information content (AvgIpc) is 3.41. The molecule has 1 fully saturated rings. The molecule has 0 saturated heterocycles. The van der Waals surface area contributed by atoms with Crippen molar-refractivity contribution in [3.8, 4) is 11.3 Å². The van der Waals surface area contributed by atoms with Crippen LogP contribution < -0.4 is 16.2 Å². The van der Waals surface area contributed by atoms with E-state index in [0.717, 1.165) is 18.4 Å². The maximum absolute atomic E-state index is 13.2. The Balaban J connectivity index is 1.62. The SMILES string of the molecule is CNC(=O)Cn1c(-c2cnn(C)c2)cnc(NCC2(c3ccc(C)cc3)CC2)c1=O. The molecule has 4 rings (SSSR count). The molecule has 156 valence electrons. The van der Waals surface area contributed by atoms with E-state index in [-0.39, 0.29) is 29.2 Å². The van der Waals surface area contributed by atoms with Crippen molar-refractivity contribution < 1.29 is 4.79 Å². The summed E-state index contributed by atoms with van der Waals surface area (Å²) in [7, 11) is 3.35. The number of rotatable bonds is 7. The molecule has 8 heteroatoms. The first-order valence-electron chi connectivity index (χ1n) is 10.0. The number of aryl methyl sites for hydroxylation is 2. The van der Waals surface area contributed by atoms with E-state index in [1.54, 1.807) is 37.4 Å². The van der Waals surface area contributed by atoms with Crippen molar-refractivity contribution in [1.29, 1.82) is 0 Å². The minimum atomic E-state index is -0.320. The van der Waals surface area contributed by atoms with E-state index in [1.165, 1.54) is 15.7 Å². The van der Waals surface area contributed by atoms with Gasteiger partial charge in [-0.25, -0.2) is 4.98 Å². The van der Waals surface area contributed by atoms with Gasteiger partial charge in [-0.15, -0.1) is 0 Å². The molecule has 2 N–H and O–H groups in total. The number of hydrogen-bond acceptors (Lipinski definition) is 5. The van der Waals surface area contributed by atoms with Crippen LogP contribution in [0.1, 0.15) is 24.0 Å². The fourth-order valence-electron chi connectivity index (χ4n) is 3.65. The smallest absolute Gasteiger partial charge is 0.294 e. The summed E-state index contributed by atoms with van der Waals surface area (Å²) < 4.78 is 3.09. The molecule has 1 aliphatic rings. The van der Waals surface area contributed by atoms with Crippen LogP contribution in [0.5, 0.6) is 0 Å². The summed E-state index contributed by atoms with van der Waals surface area (Å²) >= 11 is 0. The van der Waals surface area contributed by atoms with E-state index < -0.39 is 0 Å². The Hall–Kier alpha value is -3.42. The topological polar surface area (TPSA) is 93.8 Å². The largest absolute Gasteiger partial charge is 0.365 e. The van der Waals surface area contributed by atoms with Crippen LogP contribution in [0.2, 0.25) is 0 Å². The first-order valence-corrected chi connectivity index (χ1v) is 10.0. The Morgan fingerprint density at radius 3 is 2.53 bits per heavy atom. The number of nitrogens with one attached hydrogen (secondary N) is 2. The molecule has 0 radical (unpaired) electrons. The molecular formula is C22H26N6O2. The minimum Gasteiger partial charge on any atom is -0.365 e. The van der Waals surface area contributed by atoms with Crippen molar-refractivity contribution in [2.45, 2.75) is 31.7 Å². The number of carbonyl (C=O) groups is 1. The number of aromatic nitrogens is 4. The van der Waals surface area contributed by atoms with Crippen LogP contribution in [-0.4, -0.2) is 38.8 Å². The Morgan fingerprint density at radius 1 is 1.20 bits per heavy atom. The number of amides is 1. The molecule has 3 aromatic rings. The summed E-state index contributed by atoms with van der Waals surface area (Å²) in [5.74, 6) is 0.00244. The van der Waals surface area contributed by atoms with E-state index in [4.69, 9.17) is 0 Å². The zero-order valence-electron chi connectivity index (χ0n) is 17.5. The molecular weight excluding hydrogens is 380 g/mol. The number of anilines is 1. The van der Waals surface area contributed by atoms with Crippen LogP contribution in [0, 0.1) is 6.92 Å². The standard InChI is InChI=1S/C22H26N6O2/c1-15-4-6-17(7-5-15)22(8-9-22)14-25-20-21(30)28(13-19(29)23-2)18(11-24-20)16-10-26-27(3)12-16/h4-7,10-12H,8-9,13-14H2,1-3H3,(H,23,29)(H,24,25). The molecule has 8 nitrogen and oxygen atoms in total. The van der Waals surface area contributed by atoms with Crippen molar-refractivity contribution in [3.05, 3.63) is 64.3 Å². The Labute approximate surface area is 175 Å². The fourth-order valence-corrected chi connectivity index (χ4v) is 3.65. The molecule has 0 aliphatic heterocycles. The lowest BCUT2D eigenvalue weighted by Crippen LogP contribution is -2.34. The first kappa shape index (κ1) is 19.9. The van der Waals surface area contributed by atoms with Gasteiger partial charge >= 0.3 is 0 Å². The molecule has 1 saturated carbocycles. The zero-order valence-corrected chi connectivity index (χ0v) is 17.5. The second-order valence-corrected chi connectivity index (χ2v) is 7.96. The number of hydrogen-bond donors (Lipinski definition) is 2. The third-order valence-corrected chi connectivity index (χ3v) is 5.75. The summed E-state index contributed by atoms with van der Waals surface area (Å²) in [5, 5.41) is 9.98. The van der Waals surface area contributed by atoms with E-state index in [2.05, 4.69) is 51.9 Å². The second kappa shape index (κ2) is 7.78. The van der Waals surface area contributed by atoms with E-state index in [0.29, 0.717) is 12.2 Å². The van der Waals surface area contributed by atoms with Gasteiger partial charge in [0.2, 0.25) is 5.91 Å². The van der Waals surface area contributed by atoms with Crippen molar-refractivity contribution in [2.75, 3.05) is 18.9 Å². The van der Waals surface area contributed by atoms with Crippen LogP contribution in [0.15, 0.2) is 47.7 Å². The molecule has 1 aromatic carbocycles. The van der Waals surface area contributed by atoms with Crippen LogP contribution in [0.3, 0.4) is 0 Å². The third-order valence-electron chi connectivity index (χ3n) is 5.75. The van der Waals surface area contributed by atoms with E-state index in [9.17, 15) is 9.59 Å². The van der Waals surface area contributed by atoms with Gasteiger partial charge in [-0.05, 0) is 25.3 Å². The van der Waals surface area contributed by atoms with Crippen LogP contribution in [0.4, 0.5) is 5.82 Å². The highest BCUT2D eigenvalue weighted by Crippen LogP contribution is 2.48. The normalized spacial score (nSPS) is 14.4. The quantitative estimate of drug-likeness (QED) is 0.625. The number of benzene rings is 1. The van der Waals surface area contributed by atoms with Gasteiger partial charge in [0.25, 0.3) is 5.56 Å². The van der Waals surface area contributed by atoms with Gasteiger partial charge in [0, 0.05) is 37.8 Å². The highest BCUT2D eigenvalue weighted by atomic mass is 16.2. The fraction of sp³-hybridized carbons (Fsp3) is 0.364. The average molecular weight is 406 g/mol. The van der Waals surface area contributed by atoms with E-state index in [1.807, 2.05) is 0 Å². The van der Waals surface area contributed by atoms with Gasteiger partial charge in [0.1, 0.15) is 6.54 Å². The van der Waals surface area contributed by atoms with Crippen LogP contribution in [0.25, 0.3) is 11.3 Å². The van der Waals surface area contributed by atoms with Crippen LogP contribution >= 0.6 is 0 Å². The summed E-state index contributed by atoms with van der Waals surface area (Å²) in [5.41, 5.74) is 3.51. The van der Waals surface area contributed by atoms with Gasteiger partial charge < -0.3 is 10.6 Å². The Kier molecular flexibility index (Phi) is 5.15. The highest BCUT2D eigenvalue weighted by molar-refractivity contribution is 5.76. The third kappa shape index (κ3) is 3.85. The minimum absolute atomic E-state index is 0.0372. The molecule has 2 aromatic heterocycles. The van der Waals surface area contributed by atoms with E-state index >= 15 is 0 Å². The van der Waals surface area contributed by atoms with Crippen molar-refractivity contribution >= 4 is 11.7 Å². The predicted molar refractivity (Wildman–Crippen MR) is 115 cm³/mol. The molecule has 0 bridgehead atoms. The zero-order chi connectivity index (χ0) is 21.3. The molecule has 1 aliphatic carbocycles. The maximum atomic E-state index is 13.2. The van der Waals surface area contributed by atoms with Crippen molar-refractivity contribution in [2.24, 2.45) is 7.05 Å². The Morgan fingerprint density at radius 2 is 1.93 bits per heavy atom. The highest BCUT2D eigenvalue weighted by Gasteiger charge is 2.44. The van der Waals surface area contributed by atoms with Gasteiger partial charge in [-0.1, -0.05) is 29.8 Å². The van der Waals surface area contributed by atoms with Crippen LogP contribution in [-0.2, 0) is 23.8 Å². The number of likely N-dealkylation sites (N-methyl/N-ethyl adjacent to an activating group) is 1. The monoisotopic (exact) mass is 406 g/mol. The molecule has 0 atom stereocenters. The summed E-state index contributed by atoms with van der Waals surface area (Å²) in [4.78, 5) is 29.6. The molecule has 2 heterocycles. The van der Waals surface area contributed by atoms with Gasteiger partial charge in [0.05, 0.1) is 18.1 Å². The maximum Gasteiger partial charge on any atom is 0.294 e. The lowest BCUT2D eigenvalue weighted by Gasteiger charge is -2.18. The van der Waals surface area contributed by atoms with Crippen molar-refractivity contribution in [3.63, 3.8) is 0 Å². The summed E-state index contributed by atoms with van der Waals surface area (Å²) in [6, 6.07) is 8.55. The molecule has 0 unspecified atom stereocenters. The summed E-state index contributed by atoms with van der Waals surface area (Å²) in [6.07, 6.45) is 7.21.